The molecule has 0 fully saturated rings. The molecule has 0 N–H and O–H groups in total. The van der Waals surface area contributed by atoms with Crippen LogP contribution in [0.2, 0.25) is 0 Å². The summed E-state index contributed by atoms with van der Waals surface area (Å²) in [4.78, 5) is 11.4. The van der Waals surface area contributed by atoms with Crippen LogP contribution in [0.5, 0.6) is 0 Å². The molecule has 1 aromatic rings. The lowest BCUT2D eigenvalue weighted by atomic mass is 10.2. The third-order valence-corrected chi connectivity index (χ3v) is 2.58. The van der Waals surface area contributed by atoms with Crippen LogP contribution >= 0.6 is 0 Å². The molecule has 126 valence electrons. The third-order valence-electron chi connectivity index (χ3n) is 2.58. The smallest absolute Gasteiger partial charge is 0.434 e. The molecule has 0 saturated carbocycles. The number of alkyl halides is 6. The summed E-state index contributed by atoms with van der Waals surface area (Å²) in [6.45, 7) is 1.06. The van der Waals surface area contributed by atoms with Gasteiger partial charge in [0, 0.05) is 5.57 Å². The number of hydrogen-bond acceptors (Lipinski definition) is 2. The van der Waals surface area contributed by atoms with Gasteiger partial charge in [0.15, 0.2) is 0 Å². The van der Waals surface area contributed by atoms with Gasteiger partial charge in [0.25, 0.3) is 6.10 Å². The van der Waals surface area contributed by atoms with Gasteiger partial charge in [-0.3, -0.25) is 0 Å². The van der Waals surface area contributed by atoms with Gasteiger partial charge in [0.1, 0.15) is 0 Å². The van der Waals surface area contributed by atoms with Crippen molar-refractivity contribution in [1.82, 2.24) is 0 Å². The standard InChI is InChI=1S/C15H12F6O2/c1-10(6-5-9-11-7-3-2-4-8-11)12(22)23-13(14(16,17)18)15(19,20)21/h2-9,13H,1H3. The van der Waals surface area contributed by atoms with E-state index in [1.807, 2.05) is 0 Å². The Bertz CT molecular complexity index is 570. The Hall–Kier alpha value is -2.25. The number of allylic oxidation sites excluding steroid dienone is 2. The maximum Gasteiger partial charge on any atom is 0.434 e. The molecule has 8 heteroatoms. The fraction of sp³-hybridized carbons (Fsp3) is 0.267. The second-order valence-electron chi connectivity index (χ2n) is 4.49. The van der Waals surface area contributed by atoms with E-state index in [1.165, 1.54) is 12.2 Å². The first kappa shape index (κ1) is 18.8. The molecule has 0 amide bonds. The van der Waals surface area contributed by atoms with E-state index in [2.05, 4.69) is 4.74 Å². The Labute approximate surface area is 128 Å². The van der Waals surface area contributed by atoms with Gasteiger partial charge < -0.3 is 4.74 Å². The molecule has 0 bridgehead atoms. The average molecular weight is 338 g/mol. The van der Waals surface area contributed by atoms with E-state index in [-0.39, 0.29) is 0 Å². The maximum atomic E-state index is 12.3. The van der Waals surface area contributed by atoms with Crippen LogP contribution in [0.15, 0.2) is 48.1 Å². The molecular formula is C15H12F6O2. The fourth-order valence-corrected chi connectivity index (χ4v) is 1.45. The van der Waals surface area contributed by atoms with Crippen LogP contribution in [0.1, 0.15) is 12.5 Å². The Morgan fingerprint density at radius 2 is 1.57 bits per heavy atom. The molecule has 0 atom stereocenters. The first-order valence-electron chi connectivity index (χ1n) is 6.26. The van der Waals surface area contributed by atoms with Gasteiger partial charge >= 0.3 is 18.3 Å². The predicted octanol–water partition coefficient (Wildman–Crippen LogP) is 4.68. The molecule has 0 radical (unpaired) electrons. The molecule has 0 aromatic heterocycles. The summed E-state index contributed by atoms with van der Waals surface area (Å²) in [6, 6.07) is 8.69. The van der Waals surface area contributed by atoms with Crippen LogP contribution in [0, 0.1) is 0 Å². The zero-order valence-corrected chi connectivity index (χ0v) is 11.8. The highest BCUT2D eigenvalue weighted by molar-refractivity contribution is 5.88. The summed E-state index contributed by atoms with van der Waals surface area (Å²) >= 11 is 0. The molecule has 0 spiro atoms. The highest BCUT2D eigenvalue weighted by Gasteiger charge is 2.59. The van der Waals surface area contributed by atoms with E-state index >= 15 is 0 Å². The minimum Gasteiger partial charge on any atom is -0.439 e. The number of benzene rings is 1. The maximum absolute atomic E-state index is 12.3. The lowest BCUT2D eigenvalue weighted by molar-refractivity contribution is -0.312. The SMILES string of the molecule is CC(=CC=Cc1ccccc1)C(=O)OC(C(F)(F)F)C(F)(F)F. The van der Waals surface area contributed by atoms with Crippen molar-refractivity contribution in [2.45, 2.75) is 25.4 Å². The lowest BCUT2D eigenvalue weighted by Gasteiger charge is -2.22. The van der Waals surface area contributed by atoms with Crippen LogP contribution in [0.25, 0.3) is 6.08 Å². The molecule has 0 aliphatic rings. The Morgan fingerprint density at radius 3 is 2.04 bits per heavy atom. The number of carbonyl (C=O) groups is 1. The number of esters is 1. The number of halogens is 6. The van der Waals surface area contributed by atoms with Gasteiger partial charge in [0.05, 0.1) is 0 Å². The minimum atomic E-state index is -5.73. The monoisotopic (exact) mass is 338 g/mol. The van der Waals surface area contributed by atoms with E-state index in [4.69, 9.17) is 0 Å². The van der Waals surface area contributed by atoms with Crippen molar-refractivity contribution in [2.75, 3.05) is 0 Å². The molecule has 2 nitrogen and oxygen atoms in total. The quantitative estimate of drug-likeness (QED) is 0.345. The van der Waals surface area contributed by atoms with Crippen molar-refractivity contribution in [2.24, 2.45) is 0 Å². The van der Waals surface area contributed by atoms with E-state index < -0.39 is 30.0 Å². The summed E-state index contributed by atoms with van der Waals surface area (Å²) < 4.78 is 77.2. The summed E-state index contributed by atoms with van der Waals surface area (Å²) in [6.07, 6.45) is -11.7. The molecule has 0 unspecified atom stereocenters. The van der Waals surface area contributed by atoms with Crippen LogP contribution < -0.4 is 0 Å². The van der Waals surface area contributed by atoms with Crippen molar-refractivity contribution in [3.05, 3.63) is 53.6 Å². The Kier molecular flexibility index (Phi) is 6.00. The Morgan fingerprint density at radius 1 is 1.04 bits per heavy atom. The van der Waals surface area contributed by atoms with E-state index in [0.29, 0.717) is 0 Å². The topological polar surface area (TPSA) is 26.3 Å². The average Bonchev–Trinajstić information content (AvgIpc) is 2.43. The van der Waals surface area contributed by atoms with Crippen LogP contribution in [-0.4, -0.2) is 24.4 Å². The highest BCUT2D eigenvalue weighted by atomic mass is 19.4. The Balaban J connectivity index is 2.79. The van der Waals surface area contributed by atoms with Gasteiger partial charge in [0.2, 0.25) is 0 Å². The first-order chi connectivity index (χ1) is 10.5. The summed E-state index contributed by atoms with van der Waals surface area (Å²) in [7, 11) is 0. The van der Waals surface area contributed by atoms with Crippen LogP contribution in [-0.2, 0) is 9.53 Å². The van der Waals surface area contributed by atoms with Crippen molar-refractivity contribution in [1.29, 1.82) is 0 Å². The van der Waals surface area contributed by atoms with Gasteiger partial charge in [-0.25, -0.2) is 4.79 Å². The molecular weight excluding hydrogens is 326 g/mol. The number of carbonyl (C=O) groups excluding carboxylic acids is 1. The second-order valence-corrected chi connectivity index (χ2v) is 4.49. The molecule has 1 rings (SSSR count). The van der Waals surface area contributed by atoms with E-state index in [1.54, 1.807) is 30.3 Å². The van der Waals surface area contributed by atoms with Crippen molar-refractivity contribution in [3.8, 4) is 0 Å². The van der Waals surface area contributed by atoms with Crippen LogP contribution in [0.4, 0.5) is 26.3 Å². The van der Waals surface area contributed by atoms with Gasteiger partial charge in [-0.1, -0.05) is 48.6 Å². The molecule has 1 aromatic carbocycles. The zero-order valence-electron chi connectivity index (χ0n) is 11.8. The summed E-state index contributed by atoms with van der Waals surface area (Å²) in [5.41, 5.74) is 0.351. The number of ether oxygens (including phenoxy) is 1. The minimum absolute atomic E-state index is 0.393. The first-order valence-corrected chi connectivity index (χ1v) is 6.26. The van der Waals surface area contributed by atoms with Crippen molar-refractivity contribution >= 4 is 12.0 Å². The second kappa shape index (κ2) is 7.34. The van der Waals surface area contributed by atoms with Gasteiger partial charge in [-0.2, -0.15) is 26.3 Å². The fourth-order valence-electron chi connectivity index (χ4n) is 1.45. The summed E-state index contributed by atoms with van der Waals surface area (Å²) in [5, 5.41) is 0. The normalized spacial score (nSPS) is 13.7. The largest absolute Gasteiger partial charge is 0.439 e. The molecule has 0 heterocycles. The molecule has 0 aliphatic carbocycles. The van der Waals surface area contributed by atoms with Gasteiger partial charge in [-0.05, 0) is 12.5 Å². The third kappa shape index (κ3) is 6.17. The number of rotatable bonds is 4. The highest BCUT2D eigenvalue weighted by Crippen LogP contribution is 2.36. The molecule has 23 heavy (non-hydrogen) atoms. The van der Waals surface area contributed by atoms with E-state index in [0.717, 1.165) is 18.6 Å². The van der Waals surface area contributed by atoms with Crippen LogP contribution in [0.3, 0.4) is 0 Å². The zero-order chi connectivity index (χ0) is 17.7. The van der Waals surface area contributed by atoms with Crippen molar-refractivity contribution < 1.29 is 35.9 Å². The van der Waals surface area contributed by atoms with E-state index in [9.17, 15) is 31.1 Å². The summed E-state index contributed by atoms with van der Waals surface area (Å²) in [5.74, 6) is -1.69. The molecule has 0 aliphatic heterocycles. The number of hydrogen-bond donors (Lipinski definition) is 0. The lowest BCUT2D eigenvalue weighted by Crippen LogP contribution is -2.45. The van der Waals surface area contributed by atoms with Crippen molar-refractivity contribution in [3.63, 3.8) is 0 Å². The molecule has 0 saturated heterocycles. The predicted molar refractivity (Wildman–Crippen MR) is 71.2 cm³/mol. The van der Waals surface area contributed by atoms with Gasteiger partial charge in [-0.15, -0.1) is 0 Å².